The van der Waals surface area contributed by atoms with E-state index in [2.05, 4.69) is 51.4 Å². The second-order valence-corrected chi connectivity index (χ2v) is 8.86. The molecule has 1 aromatic heterocycles. The van der Waals surface area contributed by atoms with Gasteiger partial charge in [-0.2, -0.15) is 0 Å². The molecule has 0 bridgehead atoms. The van der Waals surface area contributed by atoms with Crippen molar-refractivity contribution in [3.63, 3.8) is 0 Å². The highest BCUT2D eigenvalue weighted by atomic mass is 127. The van der Waals surface area contributed by atoms with Gasteiger partial charge in [0.1, 0.15) is 0 Å². The van der Waals surface area contributed by atoms with Gasteiger partial charge < -0.3 is 0 Å². The molecule has 1 aliphatic rings. The first-order chi connectivity index (χ1) is 13.2. The van der Waals surface area contributed by atoms with E-state index in [0.29, 0.717) is 11.9 Å². The fourth-order valence-electron chi connectivity index (χ4n) is 4.46. The Morgan fingerprint density at radius 2 is 1.67 bits per heavy atom. The van der Waals surface area contributed by atoms with Crippen LogP contribution < -0.4 is 5.69 Å². The summed E-state index contributed by atoms with van der Waals surface area (Å²) in [6.45, 7) is 0. The second kappa shape index (κ2) is 8.39. The van der Waals surface area contributed by atoms with E-state index in [0.717, 1.165) is 30.3 Å². The van der Waals surface area contributed by atoms with E-state index in [-0.39, 0.29) is 11.7 Å². The monoisotopic (exact) mass is 494 g/mol. The number of rotatable bonds is 5. The first kappa shape index (κ1) is 19.1. The second-order valence-electron chi connectivity index (χ2n) is 7.32. The molecule has 27 heavy (non-hydrogen) atoms. The maximum atomic E-state index is 13.7. The number of hydrogen-bond donors (Lipinski definition) is 0. The van der Waals surface area contributed by atoms with Crippen molar-refractivity contribution in [1.82, 2.24) is 9.13 Å². The summed E-state index contributed by atoms with van der Waals surface area (Å²) in [4.78, 5) is 13.7. The zero-order valence-electron chi connectivity index (χ0n) is 15.3. The lowest BCUT2D eigenvalue weighted by Gasteiger charge is -2.23. The van der Waals surface area contributed by atoms with E-state index >= 15 is 0 Å². The number of benzene rings is 2. The Morgan fingerprint density at radius 3 is 2.37 bits per heavy atom. The van der Waals surface area contributed by atoms with Crippen molar-refractivity contribution in [2.45, 2.75) is 50.6 Å². The Kier molecular flexibility index (Phi) is 5.93. The highest BCUT2D eigenvalue weighted by molar-refractivity contribution is 14.1. The predicted molar refractivity (Wildman–Crippen MR) is 121 cm³/mol. The van der Waals surface area contributed by atoms with Crippen LogP contribution in [0.5, 0.6) is 0 Å². The minimum Gasteiger partial charge on any atom is -0.289 e. The van der Waals surface area contributed by atoms with Gasteiger partial charge in [0, 0.05) is 15.5 Å². The first-order valence-electron chi connectivity index (χ1n) is 9.74. The number of aromatic nitrogens is 2. The van der Waals surface area contributed by atoms with Gasteiger partial charge in [0.25, 0.3) is 0 Å². The van der Waals surface area contributed by atoms with Crippen LogP contribution in [0.2, 0.25) is 0 Å². The number of alkyl halides is 1. The molecule has 0 spiro atoms. The van der Waals surface area contributed by atoms with Gasteiger partial charge >= 0.3 is 5.69 Å². The van der Waals surface area contributed by atoms with Gasteiger partial charge in [-0.05, 0) is 65.6 Å². The molecule has 2 aromatic carbocycles. The van der Waals surface area contributed by atoms with Crippen LogP contribution in [0.3, 0.4) is 0 Å². The van der Waals surface area contributed by atoms with Crippen molar-refractivity contribution < 1.29 is 0 Å². The third-order valence-electron chi connectivity index (χ3n) is 5.71. The lowest BCUT2D eigenvalue weighted by Crippen LogP contribution is -2.31. The van der Waals surface area contributed by atoms with E-state index in [1.807, 2.05) is 28.8 Å². The molecule has 1 heterocycles. The molecule has 0 N–H and O–H groups in total. The van der Waals surface area contributed by atoms with E-state index in [1.165, 1.54) is 28.4 Å². The highest BCUT2D eigenvalue weighted by Gasteiger charge is 2.26. The van der Waals surface area contributed by atoms with Crippen LogP contribution in [0, 0.1) is 3.57 Å². The minimum absolute atomic E-state index is 0.0437. The molecule has 3 aromatic rings. The number of fused-ring (bicyclic) bond motifs is 1. The van der Waals surface area contributed by atoms with Crippen LogP contribution in [0.25, 0.3) is 11.0 Å². The Morgan fingerprint density at radius 1 is 1.00 bits per heavy atom. The minimum atomic E-state index is -0.0437. The zero-order chi connectivity index (χ0) is 18.8. The van der Waals surface area contributed by atoms with Crippen molar-refractivity contribution in [2.24, 2.45) is 0 Å². The summed E-state index contributed by atoms with van der Waals surface area (Å²) in [6, 6.07) is 16.8. The van der Waals surface area contributed by atoms with Crippen LogP contribution in [-0.2, 0) is 0 Å². The largest absolute Gasteiger partial charge is 0.329 e. The number of nitrogens with zero attached hydrogens (tertiary/aromatic N) is 2. The van der Waals surface area contributed by atoms with Gasteiger partial charge in [-0.1, -0.05) is 49.6 Å². The maximum absolute atomic E-state index is 13.7. The summed E-state index contributed by atoms with van der Waals surface area (Å²) in [7, 11) is 0. The van der Waals surface area contributed by atoms with Crippen molar-refractivity contribution in [2.75, 3.05) is 5.88 Å². The Labute approximate surface area is 178 Å². The fraction of sp³-hybridized carbons (Fsp3) is 0.409. The molecule has 4 rings (SSSR count). The summed E-state index contributed by atoms with van der Waals surface area (Å²) >= 11 is 8.55. The lowest BCUT2D eigenvalue weighted by molar-refractivity contribution is 0.348. The van der Waals surface area contributed by atoms with Crippen LogP contribution in [0.15, 0.2) is 53.3 Å². The molecule has 0 radical (unpaired) electrons. The van der Waals surface area contributed by atoms with Crippen LogP contribution in [0.4, 0.5) is 0 Å². The third kappa shape index (κ3) is 3.58. The molecule has 1 atom stereocenters. The van der Waals surface area contributed by atoms with E-state index < -0.39 is 0 Å². The number of para-hydroxylation sites is 2. The van der Waals surface area contributed by atoms with E-state index in [1.54, 1.807) is 0 Å². The van der Waals surface area contributed by atoms with Crippen LogP contribution in [-0.4, -0.2) is 15.0 Å². The molecule has 1 saturated carbocycles. The standard InChI is InChI=1S/C22H24ClIN2O/c23-15-14-19(17-10-4-5-11-18(17)24)26-21-13-7-6-12-20(21)25(22(26)27)16-8-2-1-3-9-16/h4-7,10-13,16,19H,1-3,8-9,14-15H2/t19-/m1/s1. The lowest BCUT2D eigenvalue weighted by atomic mass is 9.95. The topological polar surface area (TPSA) is 26.9 Å². The number of imidazole rings is 1. The first-order valence-corrected chi connectivity index (χ1v) is 11.4. The van der Waals surface area contributed by atoms with Gasteiger partial charge in [-0.15, -0.1) is 11.6 Å². The maximum Gasteiger partial charge on any atom is 0.329 e. The van der Waals surface area contributed by atoms with Crippen LogP contribution in [0.1, 0.15) is 56.2 Å². The summed E-state index contributed by atoms with van der Waals surface area (Å²) < 4.78 is 5.22. The summed E-state index contributed by atoms with van der Waals surface area (Å²) in [6.07, 6.45) is 6.62. The van der Waals surface area contributed by atoms with Crippen molar-refractivity contribution in [3.8, 4) is 0 Å². The number of hydrogen-bond acceptors (Lipinski definition) is 1. The zero-order valence-corrected chi connectivity index (χ0v) is 18.2. The quantitative estimate of drug-likeness (QED) is 0.309. The Balaban J connectivity index is 1.94. The molecule has 3 nitrogen and oxygen atoms in total. The Hall–Kier alpha value is -1.27. The normalized spacial score (nSPS) is 16.7. The average molecular weight is 495 g/mol. The van der Waals surface area contributed by atoms with Crippen molar-refractivity contribution in [1.29, 1.82) is 0 Å². The van der Waals surface area contributed by atoms with Crippen molar-refractivity contribution in [3.05, 3.63) is 68.1 Å². The van der Waals surface area contributed by atoms with Gasteiger partial charge in [0.15, 0.2) is 0 Å². The molecule has 0 unspecified atom stereocenters. The molecule has 142 valence electrons. The number of halogens is 2. The summed E-state index contributed by atoms with van der Waals surface area (Å²) in [5.74, 6) is 0.519. The Bertz CT molecular complexity index is 987. The molecule has 0 aliphatic heterocycles. The van der Waals surface area contributed by atoms with Gasteiger partial charge in [-0.25, -0.2) is 4.79 Å². The van der Waals surface area contributed by atoms with Crippen LogP contribution >= 0.6 is 34.2 Å². The fourth-order valence-corrected chi connectivity index (χ4v) is 5.41. The SMILES string of the molecule is O=c1n(C2CCCCC2)c2ccccc2n1[C@H](CCCl)c1ccccc1I. The van der Waals surface area contributed by atoms with Gasteiger partial charge in [-0.3, -0.25) is 9.13 Å². The van der Waals surface area contributed by atoms with Gasteiger partial charge in [0.05, 0.1) is 17.1 Å². The molecule has 5 heteroatoms. The summed E-state index contributed by atoms with van der Waals surface area (Å²) in [5, 5.41) is 0. The summed E-state index contributed by atoms with van der Waals surface area (Å²) in [5.41, 5.74) is 3.35. The highest BCUT2D eigenvalue weighted by Crippen LogP contribution is 2.33. The third-order valence-corrected chi connectivity index (χ3v) is 6.91. The molecular formula is C22H24ClIN2O. The predicted octanol–water partition coefficient (Wildman–Crippen LogP) is 6.13. The van der Waals surface area contributed by atoms with Crippen molar-refractivity contribution >= 4 is 45.2 Å². The smallest absolute Gasteiger partial charge is 0.289 e. The van der Waals surface area contributed by atoms with E-state index in [9.17, 15) is 4.79 Å². The molecule has 0 amide bonds. The molecule has 0 saturated heterocycles. The average Bonchev–Trinajstić information content (AvgIpc) is 2.99. The van der Waals surface area contributed by atoms with Gasteiger partial charge in [0.2, 0.25) is 0 Å². The van der Waals surface area contributed by atoms with E-state index in [4.69, 9.17) is 11.6 Å². The molecule has 1 aliphatic carbocycles. The molecular weight excluding hydrogens is 471 g/mol. The molecule has 1 fully saturated rings.